The Bertz CT molecular complexity index is 286. The van der Waals surface area contributed by atoms with Crippen LogP contribution in [0, 0.1) is 11.8 Å². The molecule has 1 N–H and O–H groups in total. The summed E-state index contributed by atoms with van der Waals surface area (Å²) in [6.07, 6.45) is 13.2. The molecule has 96 valence electrons. The highest BCUT2D eigenvalue weighted by Gasteiger charge is 2.41. The number of hydrogen-bond donors (Lipinski definition) is 1. The second kappa shape index (κ2) is 6.48. The van der Waals surface area contributed by atoms with E-state index < -0.39 is 0 Å². The summed E-state index contributed by atoms with van der Waals surface area (Å²) in [5.41, 5.74) is 0. The first-order valence-electron chi connectivity index (χ1n) is 6.93. The Hall–Kier alpha value is -0.440. The Morgan fingerprint density at radius 3 is 2.94 bits per heavy atom. The molecule has 2 nitrogen and oxygen atoms in total. The summed E-state index contributed by atoms with van der Waals surface area (Å²) in [6.45, 7) is 2.22. The fourth-order valence-electron chi connectivity index (χ4n) is 1.92. The predicted molar refractivity (Wildman–Crippen MR) is 73.6 cm³/mol. The summed E-state index contributed by atoms with van der Waals surface area (Å²) in [6, 6.07) is 0. The Kier molecular flexibility index (Phi) is 4.96. The van der Waals surface area contributed by atoms with E-state index in [1.807, 2.05) is 0 Å². The minimum atomic E-state index is 0.255. The fourth-order valence-corrected chi connectivity index (χ4v) is 2.72. The molecular weight excluding hydrogens is 230 g/mol. The van der Waals surface area contributed by atoms with Gasteiger partial charge in [-0.15, -0.1) is 0 Å². The van der Waals surface area contributed by atoms with E-state index >= 15 is 0 Å². The van der Waals surface area contributed by atoms with Crippen LogP contribution in [0.4, 0.5) is 0 Å². The lowest BCUT2D eigenvalue weighted by Crippen LogP contribution is -2.19. The third-order valence-corrected chi connectivity index (χ3v) is 4.51. The van der Waals surface area contributed by atoms with E-state index in [2.05, 4.69) is 23.8 Å². The molecule has 0 aromatic carbocycles. The van der Waals surface area contributed by atoms with E-state index in [1.54, 1.807) is 11.9 Å². The highest BCUT2D eigenvalue weighted by Crippen LogP contribution is 2.41. The number of nitrogens with one attached hydrogen (secondary N) is 1. The van der Waals surface area contributed by atoms with Crippen LogP contribution in [-0.2, 0) is 4.79 Å². The molecule has 2 rings (SSSR count). The monoisotopic (exact) mass is 253 g/mol. The lowest BCUT2D eigenvalue weighted by molar-refractivity contribution is -0.120. The molecule has 0 radical (unpaired) electrons. The molecule has 0 heterocycles. The van der Waals surface area contributed by atoms with Gasteiger partial charge in [-0.3, -0.25) is 9.52 Å². The van der Waals surface area contributed by atoms with Gasteiger partial charge in [0.25, 0.3) is 0 Å². The average molecular weight is 253 g/mol. The molecular formula is C14H23NOS. The van der Waals surface area contributed by atoms with Crippen molar-refractivity contribution in [1.82, 2.24) is 4.72 Å². The van der Waals surface area contributed by atoms with Gasteiger partial charge in [0.15, 0.2) is 0 Å². The smallest absolute Gasteiger partial charge is 0.233 e. The molecule has 2 aliphatic carbocycles. The number of carbonyl (C=O) groups excluding carboxylic acids is 1. The predicted octanol–water partition coefficient (Wildman–Crippen LogP) is 3.69. The molecule has 2 atom stereocenters. The number of hydrogen-bond acceptors (Lipinski definition) is 2. The van der Waals surface area contributed by atoms with Crippen LogP contribution in [0.3, 0.4) is 0 Å². The van der Waals surface area contributed by atoms with Gasteiger partial charge in [0, 0.05) is 11.2 Å². The largest absolute Gasteiger partial charge is 0.300 e. The summed E-state index contributed by atoms with van der Waals surface area (Å²) in [5.74, 6) is 1.05. The SMILES string of the molecule is CCCCC/C=C\C1CC1C(=O)NSC1CC1. The van der Waals surface area contributed by atoms with E-state index in [4.69, 9.17) is 0 Å². The average Bonchev–Trinajstić information content (AvgIpc) is 3.20. The van der Waals surface area contributed by atoms with Crippen LogP contribution in [0.5, 0.6) is 0 Å². The quantitative estimate of drug-likeness (QED) is 0.406. The molecule has 0 bridgehead atoms. The van der Waals surface area contributed by atoms with Gasteiger partial charge in [0.2, 0.25) is 5.91 Å². The lowest BCUT2D eigenvalue weighted by atomic mass is 10.2. The Balaban J connectivity index is 1.54. The summed E-state index contributed by atoms with van der Waals surface area (Å²) < 4.78 is 2.99. The molecule has 0 aliphatic heterocycles. The normalized spacial score (nSPS) is 27.4. The maximum absolute atomic E-state index is 11.7. The highest BCUT2D eigenvalue weighted by atomic mass is 32.2. The zero-order valence-electron chi connectivity index (χ0n) is 10.7. The van der Waals surface area contributed by atoms with Crippen molar-refractivity contribution >= 4 is 17.9 Å². The molecule has 2 fully saturated rings. The van der Waals surface area contributed by atoms with E-state index in [9.17, 15) is 4.79 Å². The van der Waals surface area contributed by atoms with Crippen molar-refractivity contribution in [3.05, 3.63) is 12.2 Å². The van der Waals surface area contributed by atoms with Crippen LogP contribution in [0.2, 0.25) is 0 Å². The van der Waals surface area contributed by atoms with Gasteiger partial charge in [0.05, 0.1) is 0 Å². The maximum atomic E-state index is 11.7. The van der Waals surface area contributed by atoms with Crippen LogP contribution in [-0.4, -0.2) is 11.2 Å². The topological polar surface area (TPSA) is 29.1 Å². The third kappa shape index (κ3) is 4.74. The van der Waals surface area contributed by atoms with Gasteiger partial charge < -0.3 is 0 Å². The fraction of sp³-hybridized carbons (Fsp3) is 0.786. The first-order chi connectivity index (χ1) is 8.31. The van der Waals surface area contributed by atoms with Crippen LogP contribution >= 0.6 is 11.9 Å². The van der Waals surface area contributed by atoms with Gasteiger partial charge in [-0.2, -0.15) is 0 Å². The minimum absolute atomic E-state index is 0.255. The van der Waals surface area contributed by atoms with Crippen LogP contribution in [0.1, 0.15) is 51.9 Å². The summed E-state index contributed by atoms with van der Waals surface area (Å²) in [7, 11) is 0. The first kappa shape index (κ1) is 13.0. The van der Waals surface area contributed by atoms with Crippen molar-refractivity contribution in [3.63, 3.8) is 0 Å². The Labute approximate surface area is 109 Å². The van der Waals surface area contributed by atoms with Crippen molar-refractivity contribution in [2.24, 2.45) is 11.8 Å². The molecule has 2 aliphatic rings. The van der Waals surface area contributed by atoms with Crippen molar-refractivity contribution in [1.29, 1.82) is 0 Å². The Morgan fingerprint density at radius 1 is 1.41 bits per heavy atom. The summed E-state index contributed by atoms with van der Waals surface area (Å²) in [4.78, 5) is 11.7. The zero-order valence-corrected chi connectivity index (χ0v) is 11.5. The minimum Gasteiger partial charge on any atom is -0.300 e. The number of unbranched alkanes of at least 4 members (excludes halogenated alkanes) is 3. The van der Waals surface area contributed by atoms with Crippen molar-refractivity contribution in [2.45, 2.75) is 57.1 Å². The molecule has 0 spiro atoms. The van der Waals surface area contributed by atoms with E-state index in [-0.39, 0.29) is 11.8 Å². The number of amides is 1. The van der Waals surface area contributed by atoms with Crippen LogP contribution < -0.4 is 4.72 Å². The van der Waals surface area contributed by atoms with Crippen LogP contribution in [0.15, 0.2) is 12.2 Å². The maximum Gasteiger partial charge on any atom is 0.233 e. The number of carbonyl (C=O) groups is 1. The van der Waals surface area contributed by atoms with Gasteiger partial charge in [-0.05, 0) is 50.0 Å². The van der Waals surface area contributed by atoms with Crippen molar-refractivity contribution in [3.8, 4) is 0 Å². The lowest BCUT2D eigenvalue weighted by Gasteiger charge is -2.00. The molecule has 1 amide bonds. The number of allylic oxidation sites excluding steroid dienone is 2. The molecule has 3 heteroatoms. The molecule has 2 unspecified atom stereocenters. The molecule has 0 saturated heterocycles. The summed E-state index contributed by atoms with van der Waals surface area (Å²) >= 11 is 1.63. The first-order valence-corrected chi connectivity index (χ1v) is 7.81. The zero-order chi connectivity index (χ0) is 12.1. The second-order valence-electron chi connectivity index (χ2n) is 5.21. The molecule has 0 aromatic rings. The van der Waals surface area contributed by atoms with Crippen LogP contribution in [0.25, 0.3) is 0 Å². The van der Waals surface area contributed by atoms with E-state index in [0.29, 0.717) is 11.2 Å². The molecule has 0 aromatic heterocycles. The van der Waals surface area contributed by atoms with Gasteiger partial charge >= 0.3 is 0 Å². The van der Waals surface area contributed by atoms with Gasteiger partial charge in [-0.1, -0.05) is 31.9 Å². The van der Waals surface area contributed by atoms with Crippen molar-refractivity contribution in [2.75, 3.05) is 0 Å². The third-order valence-electron chi connectivity index (χ3n) is 3.38. The number of rotatable bonds is 8. The second-order valence-corrected chi connectivity index (χ2v) is 6.32. The summed E-state index contributed by atoms with van der Waals surface area (Å²) in [5, 5.41) is 0.709. The standard InChI is InChI=1S/C14H23NOS/c1-2-3-4-5-6-7-11-10-13(11)14(16)15-17-12-8-9-12/h6-7,11-13H,2-5,8-10H2,1H3,(H,15,16)/b7-6-. The van der Waals surface area contributed by atoms with Gasteiger partial charge in [0.1, 0.15) is 0 Å². The highest BCUT2D eigenvalue weighted by molar-refractivity contribution is 7.98. The van der Waals surface area contributed by atoms with Gasteiger partial charge in [-0.25, -0.2) is 0 Å². The molecule has 2 saturated carbocycles. The Morgan fingerprint density at radius 2 is 2.24 bits per heavy atom. The van der Waals surface area contributed by atoms with E-state index in [0.717, 1.165) is 6.42 Å². The molecule has 17 heavy (non-hydrogen) atoms. The van der Waals surface area contributed by atoms with E-state index in [1.165, 1.54) is 38.5 Å². The van der Waals surface area contributed by atoms with Crippen molar-refractivity contribution < 1.29 is 4.79 Å².